The minimum absolute atomic E-state index is 0.289. The number of benzene rings is 1. The van der Waals surface area contributed by atoms with E-state index in [1.165, 1.54) is 19.3 Å². The van der Waals surface area contributed by atoms with Crippen molar-refractivity contribution in [3.05, 3.63) is 24.3 Å². The molecule has 1 unspecified atom stereocenters. The molecule has 0 aromatic heterocycles. The summed E-state index contributed by atoms with van der Waals surface area (Å²) in [5.74, 6) is 1.02. The van der Waals surface area contributed by atoms with Gasteiger partial charge in [0.15, 0.2) is 0 Å². The SMILES string of the molecule is CCCCCCOc1ccc(OS(=O)[O-])cc1. The second kappa shape index (κ2) is 8.08. The highest BCUT2D eigenvalue weighted by molar-refractivity contribution is 7.74. The van der Waals surface area contributed by atoms with Crippen molar-refractivity contribution in [2.75, 3.05) is 6.61 Å². The molecule has 1 aromatic rings. The van der Waals surface area contributed by atoms with Gasteiger partial charge in [-0.15, -0.1) is 0 Å². The monoisotopic (exact) mass is 257 g/mol. The van der Waals surface area contributed by atoms with E-state index in [2.05, 4.69) is 11.1 Å². The molecule has 0 N–H and O–H groups in total. The van der Waals surface area contributed by atoms with Gasteiger partial charge in [0.1, 0.15) is 22.9 Å². The smallest absolute Gasteiger partial charge is 0.139 e. The third-order valence-corrected chi connectivity index (χ3v) is 2.58. The minimum Gasteiger partial charge on any atom is -0.740 e. The van der Waals surface area contributed by atoms with Gasteiger partial charge in [-0.25, -0.2) is 4.21 Å². The van der Waals surface area contributed by atoms with Crippen molar-refractivity contribution in [2.24, 2.45) is 0 Å². The minimum atomic E-state index is -2.52. The van der Waals surface area contributed by atoms with Gasteiger partial charge in [0, 0.05) is 0 Å². The summed E-state index contributed by atoms with van der Waals surface area (Å²) >= 11 is -2.52. The first-order valence-corrected chi connectivity index (χ1v) is 6.73. The van der Waals surface area contributed by atoms with Crippen LogP contribution in [0.3, 0.4) is 0 Å². The number of hydrogen-bond donors (Lipinski definition) is 0. The molecular formula is C12H17O4S-. The molecule has 0 bridgehead atoms. The maximum atomic E-state index is 10.3. The highest BCUT2D eigenvalue weighted by Gasteiger charge is 1.96. The van der Waals surface area contributed by atoms with Crippen molar-refractivity contribution in [3.63, 3.8) is 0 Å². The lowest BCUT2D eigenvalue weighted by Gasteiger charge is -2.09. The lowest BCUT2D eigenvalue weighted by molar-refractivity contribution is 0.305. The Morgan fingerprint density at radius 3 is 2.35 bits per heavy atom. The van der Waals surface area contributed by atoms with E-state index >= 15 is 0 Å². The highest BCUT2D eigenvalue weighted by Crippen LogP contribution is 2.18. The van der Waals surface area contributed by atoms with Gasteiger partial charge in [0.05, 0.1) is 6.61 Å². The second-order valence-corrected chi connectivity index (χ2v) is 4.24. The van der Waals surface area contributed by atoms with Crippen LogP contribution in [0.4, 0.5) is 0 Å². The van der Waals surface area contributed by atoms with Gasteiger partial charge >= 0.3 is 0 Å². The molecule has 17 heavy (non-hydrogen) atoms. The van der Waals surface area contributed by atoms with E-state index in [0.717, 1.165) is 12.2 Å². The van der Waals surface area contributed by atoms with Crippen LogP contribution in [0.25, 0.3) is 0 Å². The lowest BCUT2D eigenvalue weighted by Crippen LogP contribution is -1.99. The van der Waals surface area contributed by atoms with Crippen molar-refractivity contribution in [1.29, 1.82) is 0 Å². The first-order chi connectivity index (χ1) is 8.22. The molecule has 1 aromatic carbocycles. The van der Waals surface area contributed by atoms with Crippen molar-refractivity contribution >= 4 is 11.4 Å². The van der Waals surface area contributed by atoms with Gasteiger partial charge in [-0.3, -0.25) is 0 Å². The number of rotatable bonds is 8. The summed E-state index contributed by atoms with van der Waals surface area (Å²) in [6.45, 7) is 2.85. The van der Waals surface area contributed by atoms with Gasteiger partial charge in [-0.2, -0.15) is 0 Å². The van der Waals surface area contributed by atoms with E-state index in [1.54, 1.807) is 24.3 Å². The summed E-state index contributed by atoms with van der Waals surface area (Å²) in [6, 6.07) is 6.53. The summed E-state index contributed by atoms with van der Waals surface area (Å²) in [5.41, 5.74) is 0. The fraction of sp³-hybridized carbons (Fsp3) is 0.500. The standard InChI is InChI=1S/C12H18O4S/c1-2-3-4-5-10-15-11-6-8-12(9-7-11)16-17(13)14/h6-9H,2-5,10H2,1H3,(H,13,14)/p-1. The molecule has 0 saturated heterocycles. The van der Waals surface area contributed by atoms with E-state index < -0.39 is 11.4 Å². The molecule has 0 heterocycles. The Morgan fingerprint density at radius 1 is 1.12 bits per heavy atom. The molecule has 0 saturated carbocycles. The number of hydrogen-bond acceptors (Lipinski definition) is 4. The van der Waals surface area contributed by atoms with E-state index in [4.69, 9.17) is 4.74 Å². The predicted octanol–water partition coefficient (Wildman–Crippen LogP) is 2.82. The van der Waals surface area contributed by atoms with Crippen LogP contribution in [0, 0.1) is 0 Å². The number of ether oxygens (including phenoxy) is 1. The summed E-state index contributed by atoms with van der Waals surface area (Å²) in [7, 11) is 0. The molecule has 1 atom stereocenters. The van der Waals surface area contributed by atoms with Crippen LogP contribution in [-0.4, -0.2) is 15.4 Å². The normalized spacial score (nSPS) is 12.1. The van der Waals surface area contributed by atoms with E-state index in [-0.39, 0.29) is 5.75 Å². The molecule has 5 heteroatoms. The van der Waals surface area contributed by atoms with Crippen molar-refractivity contribution in [3.8, 4) is 11.5 Å². The summed E-state index contributed by atoms with van der Waals surface area (Å²) in [5, 5.41) is 0. The van der Waals surface area contributed by atoms with Gasteiger partial charge in [0.2, 0.25) is 0 Å². The summed E-state index contributed by atoms with van der Waals surface area (Å²) in [6.07, 6.45) is 4.65. The first kappa shape index (κ1) is 14.0. The lowest BCUT2D eigenvalue weighted by atomic mass is 10.2. The topological polar surface area (TPSA) is 58.6 Å². The molecule has 0 aliphatic heterocycles. The van der Waals surface area contributed by atoms with Crippen molar-refractivity contribution < 1.29 is 17.7 Å². The Kier molecular flexibility index (Phi) is 6.65. The molecule has 0 radical (unpaired) electrons. The average Bonchev–Trinajstić information content (AvgIpc) is 2.30. The Hall–Kier alpha value is -1.07. The zero-order valence-electron chi connectivity index (χ0n) is 9.89. The molecule has 0 aliphatic rings. The van der Waals surface area contributed by atoms with Gasteiger partial charge in [0.25, 0.3) is 0 Å². The molecule has 0 spiro atoms. The summed E-state index contributed by atoms with van der Waals surface area (Å²) < 4.78 is 30.5. The highest BCUT2D eigenvalue weighted by atomic mass is 32.2. The maximum absolute atomic E-state index is 10.3. The first-order valence-electron chi connectivity index (χ1n) is 5.73. The van der Waals surface area contributed by atoms with E-state index in [1.807, 2.05) is 0 Å². The molecular weight excluding hydrogens is 240 g/mol. The molecule has 0 aliphatic carbocycles. The Morgan fingerprint density at radius 2 is 1.76 bits per heavy atom. The number of unbranched alkanes of at least 4 members (excludes halogenated alkanes) is 3. The predicted molar refractivity (Wildman–Crippen MR) is 65.6 cm³/mol. The largest absolute Gasteiger partial charge is 0.740 e. The molecule has 0 fully saturated rings. The average molecular weight is 257 g/mol. The Labute approximate surface area is 104 Å². The van der Waals surface area contributed by atoms with Crippen LogP contribution in [-0.2, 0) is 11.4 Å². The zero-order chi connectivity index (χ0) is 12.5. The van der Waals surface area contributed by atoms with Gasteiger partial charge in [-0.1, -0.05) is 26.2 Å². The van der Waals surface area contributed by atoms with E-state index in [9.17, 15) is 8.76 Å². The van der Waals surface area contributed by atoms with Crippen molar-refractivity contribution in [1.82, 2.24) is 0 Å². The van der Waals surface area contributed by atoms with Crippen LogP contribution in [0.1, 0.15) is 32.6 Å². The quantitative estimate of drug-likeness (QED) is 0.530. The fourth-order valence-corrected chi connectivity index (χ4v) is 1.66. The maximum Gasteiger partial charge on any atom is 0.139 e. The van der Waals surface area contributed by atoms with Crippen molar-refractivity contribution in [2.45, 2.75) is 32.6 Å². The van der Waals surface area contributed by atoms with Crippen LogP contribution in [0.15, 0.2) is 24.3 Å². The van der Waals surface area contributed by atoms with Crippen LogP contribution >= 0.6 is 0 Å². The van der Waals surface area contributed by atoms with Crippen LogP contribution in [0.5, 0.6) is 11.5 Å². The Balaban J connectivity index is 2.28. The fourth-order valence-electron chi connectivity index (χ4n) is 1.39. The molecule has 0 amide bonds. The Bertz CT molecular complexity index is 337. The molecule has 96 valence electrons. The van der Waals surface area contributed by atoms with E-state index in [0.29, 0.717) is 6.61 Å². The summed E-state index contributed by atoms with van der Waals surface area (Å²) in [4.78, 5) is 0. The third-order valence-electron chi connectivity index (χ3n) is 2.25. The van der Waals surface area contributed by atoms with Gasteiger partial charge < -0.3 is 13.5 Å². The van der Waals surface area contributed by atoms with Crippen LogP contribution < -0.4 is 8.92 Å². The zero-order valence-corrected chi connectivity index (χ0v) is 10.7. The molecule has 4 nitrogen and oxygen atoms in total. The molecule has 1 rings (SSSR count). The third kappa shape index (κ3) is 6.28. The van der Waals surface area contributed by atoms with Gasteiger partial charge in [-0.05, 0) is 30.7 Å². The van der Waals surface area contributed by atoms with Crippen LogP contribution in [0.2, 0.25) is 0 Å². The second-order valence-electron chi connectivity index (χ2n) is 3.67.